The van der Waals surface area contributed by atoms with Gasteiger partial charge in [-0.3, -0.25) is 9.59 Å². The summed E-state index contributed by atoms with van der Waals surface area (Å²) in [6.45, 7) is 3.42. The number of nitrogens with zero attached hydrogens (tertiary/aromatic N) is 1. The van der Waals surface area contributed by atoms with Crippen LogP contribution >= 0.6 is 0 Å². The number of carbonyl (C=O) groups is 2. The van der Waals surface area contributed by atoms with Crippen molar-refractivity contribution in [3.05, 3.63) is 59.7 Å². The monoisotopic (exact) mass is 396 g/mol. The molecule has 1 aliphatic heterocycles. The summed E-state index contributed by atoms with van der Waals surface area (Å²) in [7, 11) is 1.60. The lowest BCUT2D eigenvalue weighted by molar-refractivity contribution is -0.141. The number of hydrogen-bond acceptors (Lipinski definition) is 4. The van der Waals surface area contributed by atoms with Crippen molar-refractivity contribution in [1.29, 1.82) is 0 Å². The first-order chi connectivity index (χ1) is 14.1. The minimum Gasteiger partial charge on any atom is -0.486 e. The van der Waals surface area contributed by atoms with Crippen molar-refractivity contribution in [2.24, 2.45) is 0 Å². The molecule has 1 heterocycles. The molecule has 0 fully saturated rings. The summed E-state index contributed by atoms with van der Waals surface area (Å²) in [6, 6.07) is 15.0. The van der Waals surface area contributed by atoms with E-state index >= 15 is 0 Å². The summed E-state index contributed by atoms with van der Waals surface area (Å²) in [4.78, 5) is 27.2. The number of likely N-dealkylation sites (N-methyl/N-ethyl adjacent to an activating group) is 1. The second-order valence-electron chi connectivity index (χ2n) is 7.02. The summed E-state index contributed by atoms with van der Waals surface area (Å²) < 4.78 is 11.2. The van der Waals surface area contributed by atoms with E-state index in [2.05, 4.69) is 5.32 Å². The Labute approximate surface area is 171 Å². The quantitative estimate of drug-likeness (QED) is 0.745. The zero-order chi connectivity index (χ0) is 20.6. The molecule has 0 spiro atoms. The van der Waals surface area contributed by atoms with Gasteiger partial charge in [-0.2, -0.15) is 0 Å². The van der Waals surface area contributed by atoms with Crippen molar-refractivity contribution in [3.63, 3.8) is 0 Å². The van der Waals surface area contributed by atoms with E-state index in [0.717, 1.165) is 22.6 Å². The molecule has 154 valence electrons. The number of ether oxygens (including phenoxy) is 2. The Morgan fingerprint density at radius 3 is 2.45 bits per heavy atom. The predicted octanol–water partition coefficient (Wildman–Crippen LogP) is 2.94. The Hall–Kier alpha value is -3.02. The Balaban J connectivity index is 1.72. The number of nitrogens with one attached hydrogen (secondary N) is 1. The van der Waals surface area contributed by atoms with Gasteiger partial charge in [0.2, 0.25) is 11.8 Å². The summed E-state index contributed by atoms with van der Waals surface area (Å²) in [5.74, 6) is 1.28. The lowest BCUT2D eigenvalue weighted by atomic mass is 10.1. The van der Waals surface area contributed by atoms with E-state index in [1.165, 1.54) is 0 Å². The molecule has 0 radical (unpaired) electrons. The average molecular weight is 396 g/mol. The molecule has 1 atom stereocenters. The van der Waals surface area contributed by atoms with Crippen LogP contribution in [0.25, 0.3) is 0 Å². The summed E-state index contributed by atoms with van der Waals surface area (Å²) >= 11 is 0. The number of benzene rings is 2. The van der Waals surface area contributed by atoms with Crippen LogP contribution in [0, 0.1) is 0 Å². The third-order valence-corrected chi connectivity index (χ3v) is 5.06. The molecule has 2 aromatic rings. The largest absolute Gasteiger partial charge is 0.486 e. The molecule has 0 saturated carbocycles. The molecule has 29 heavy (non-hydrogen) atoms. The van der Waals surface area contributed by atoms with Crippen molar-refractivity contribution in [2.75, 3.05) is 20.3 Å². The van der Waals surface area contributed by atoms with Gasteiger partial charge < -0.3 is 19.7 Å². The van der Waals surface area contributed by atoms with Crippen LogP contribution in [0.2, 0.25) is 0 Å². The van der Waals surface area contributed by atoms with Crippen LogP contribution < -0.4 is 14.8 Å². The molecular weight excluding hydrogens is 368 g/mol. The van der Waals surface area contributed by atoms with Gasteiger partial charge in [-0.05, 0) is 36.1 Å². The molecule has 0 unspecified atom stereocenters. The summed E-state index contributed by atoms with van der Waals surface area (Å²) in [5.41, 5.74) is 2.01. The molecule has 0 aromatic heterocycles. The SMILES string of the molecule is CC[C@H](C(=O)NC)N(Cc1ccccc1)C(=O)CCc1ccc2c(c1)OCCO2. The topological polar surface area (TPSA) is 67.9 Å². The van der Waals surface area contributed by atoms with Crippen molar-refractivity contribution >= 4 is 11.8 Å². The maximum Gasteiger partial charge on any atom is 0.242 e. The van der Waals surface area contributed by atoms with Crippen LogP contribution in [0.15, 0.2) is 48.5 Å². The van der Waals surface area contributed by atoms with Gasteiger partial charge in [0.25, 0.3) is 0 Å². The second kappa shape index (κ2) is 9.96. The van der Waals surface area contributed by atoms with Crippen molar-refractivity contribution in [3.8, 4) is 11.5 Å². The van der Waals surface area contributed by atoms with E-state index in [0.29, 0.717) is 39.0 Å². The fourth-order valence-electron chi connectivity index (χ4n) is 3.50. The first kappa shape index (κ1) is 20.7. The van der Waals surface area contributed by atoms with Gasteiger partial charge in [0, 0.05) is 20.0 Å². The molecule has 3 rings (SSSR count). The number of aryl methyl sites for hydroxylation is 1. The summed E-state index contributed by atoms with van der Waals surface area (Å²) in [5, 5.41) is 2.68. The smallest absolute Gasteiger partial charge is 0.242 e. The van der Waals surface area contributed by atoms with Gasteiger partial charge in [0.1, 0.15) is 19.3 Å². The number of amides is 2. The van der Waals surface area contributed by atoms with Gasteiger partial charge >= 0.3 is 0 Å². The highest BCUT2D eigenvalue weighted by Gasteiger charge is 2.27. The van der Waals surface area contributed by atoms with E-state index in [4.69, 9.17) is 9.47 Å². The van der Waals surface area contributed by atoms with Gasteiger partial charge in [-0.1, -0.05) is 43.3 Å². The zero-order valence-corrected chi connectivity index (χ0v) is 17.0. The van der Waals surface area contributed by atoms with Crippen LogP contribution in [0.5, 0.6) is 11.5 Å². The van der Waals surface area contributed by atoms with E-state index < -0.39 is 6.04 Å². The van der Waals surface area contributed by atoms with E-state index in [1.807, 2.05) is 55.5 Å². The van der Waals surface area contributed by atoms with Crippen LogP contribution in [-0.4, -0.2) is 43.0 Å². The number of rotatable bonds is 8. The number of hydrogen-bond donors (Lipinski definition) is 1. The fourth-order valence-corrected chi connectivity index (χ4v) is 3.50. The highest BCUT2D eigenvalue weighted by molar-refractivity contribution is 5.87. The van der Waals surface area contributed by atoms with Crippen molar-refractivity contribution < 1.29 is 19.1 Å². The van der Waals surface area contributed by atoms with Gasteiger partial charge in [0.05, 0.1) is 0 Å². The van der Waals surface area contributed by atoms with Gasteiger partial charge in [0.15, 0.2) is 11.5 Å². The highest BCUT2D eigenvalue weighted by atomic mass is 16.6. The van der Waals surface area contributed by atoms with Gasteiger partial charge in [-0.25, -0.2) is 0 Å². The summed E-state index contributed by atoms with van der Waals surface area (Å²) in [6.07, 6.45) is 1.45. The Morgan fingerprint density at radius 1 is 1.03 bits per heavy atom. The first-order valence-corrected chi connectivity index (χ1v) is 10.1. The zero-order valence-electron chi connectivity index (χ0n) is 17.0. The molecule has 1 N–H and O–H groups in total. The normalized spacial score (nSPS) is 13.4. The van der Waals surface area contributed by atoms with Crippen LogP contribution in [0.4, 0.5) is 0 Å². The predicted molar refractivity (Wildman–Crippen MR) is 111 cm³/mol. The van der Waals surface area contributed by atoms with E-state index in [-0.39, 0.29) is 11.8 Å². The highest BCUT2D eigenvalue weighted by Crippen LogP contribution is 2.31. The molecule has 2 aromatic carbocycles. The molecule has 0 aliphatic carbocycles. The standard InChI is InChI=1S/C23H28N2O4/c1-3-19(23(27)24-2)25(16-18-7-5-4-6-8-18)22(26)12-10-17-9-11-20-21(15-17)29-14-13-28-20/h4-9,11,15,19H,3,10,12-14,16H2,1-2H3,(H,24,27)/t19-/m1/s1. The molecule has 0 bridgehead atoms. The minimum atomic E-state index is -0.493. The molecule has 6 heteroatoms. The lowest BCUT2D eigenvalue weighted by Gasteiger charge is -2.30. The third kappa shape index (κ3) is 5.28. The number of carbonyl (C=O) groups excluding carboxylic acids is 2. The van der Waals surface area contributed by atoms with E-state index in [9.17, 15) is 9.59 Å². The average Bonchev–Trinajstić information content (AvgIpc) is 2.77. The van der Waals surface area contributed by atoms with Crippen LogP contribution in [0.3, 0.4) is 0 Å². The molecule has 6 nitrogen and oxygen atoms in total. The van der Waals surface area contributed by atoms with Crippen molar-refractivity contribution in [2.45, 2.75) is 38.8 Å². The molecule has 0 saturated heterocycles. The lowest BCUT2D eigenvalue weighted by Crippen LogP contribution is -2.48. The van der Waals surface area contributed by atoms with Crippen LogP contribution in [-0.2, 0) is 22.6 Å². The first-order valence-electron chi connectivity index (χ1n) is 10.1. The van der Waals surface area contributed by atoms with Crippen molar-refractivity contribution in [1.82, 2.24) is 10.2 Å². The van der Waals surface area contributed by atoms with Crippen LogP contribution in [0.1, 0.15) is 30.9 Å². The molecular formula is C23H28N2O4. The molecule has 1 aliphatic rings. The Bertz CT molecular complexity index is 838. The van der Waals surface area contributed by atoms with E-state index in [1.54, 1.807) is 11.9 Å². The maximum absolute atomic E-state index is 13.1. The minimum absolute atomic E-state index is 0.0424. The Morgan fingerprint density at radius 2 is 1.76 bits per heavy atom. The maximum atomic E-state index is 13.1. The fraction of sp³-hybridized carbons (Fsp3) is 0.391. The third-order valence-electron chi connectivity index (χ3n) is 5.06. The van der Waals surface area contributed by atoms with Gasteiger partial charge in [-0.15, -0.1) is 0 Å². The second-order valence-corrected chi connectivity index (χ2v) is 7.02. The number of fused-ring (bicyclic) bond motifs is 1. The Kier molecular flexibility index (Phi) is 7.11. The molecule has 2 amide bonds.